The van der Waals surface area contributed by atoms with Crippen molar-refractivity contribution < 1.29 is 55.1 Å². The fourth-order valence-electron chi connectivity index (χ4n) is 44.4. The van der Waals surface area contributed by atoms with E-state index in [1.807, 2.05) is 20.8 Å². The Hall–Kier alpha value is -2.60. The summed E-state index contributed by atoms with van der Waals surface area (Å²) >= 11 is 7.32. The van der Waals surface area contributed by atoms with E-state index in [1.165, 1.54) is 240 Å². The van der Waals surface area contributed by atoms with Crippen LogP contribution in [0.2, 0.25) is 0 Å². The van der Waals surface area contributed by atoms with Gasteiger partial charge in [0.1, 0.15) is 0 Å². The molecular formula is C135H208Br2O11. The lowest BCUT2D eigenvalue weighted by Crippen LogP contribution is -2.48. The molecule has 0 heterocycles. The van der Waals surface area contributed by atoms with E-state index in [2.05, 4.69) is 163 Å². The predicted octanol–water partition coefficient (Wildman–Crippen LogP) is 30.6. The van der Waals surface area contributed by atoms with Crippen LogP contribution in [0.15, 0.2) is 143 Å². The van der Waals surface area contributed by atoms with Gasteiger partial charge in [-0.25, -0.2) is 0 Å². The number of fused-ring (bicyclic) bond motifs is 30. The summed E-state index contributed by atoms with van der Waals surface area (Å²) < 4.78 is 15.9. The Morgan fingerprint density at radius 3 is 0.642 bits per heavy atom. The molecule has 148 heavy (non-hydrogen) atoms. The highest BCUT2D eigenvalue weighted by molar-refractivity contribution is 9.09. The zero-order valence-corrected chi connectivity index (χ0v) is 98.6. The maximum atomic E-state index is 10.8. The van der Waals surface area contributed by atoms with Crippen molar-refractivity contribution in [1.29, 1.82) is 0 Å². The highest BCUT2D eigenvalue weighted by atomic mass is 79.9. The van der Waals surface area contributed by atoms with Crippen LogP contribution in [0, 0.1) is 210 Å². The van der Waals surface area contributed by atoms with E-state index in [0.29, 0.717) is 81.9 Å². The minimum Gasteiger partial charge on any atom is -0.392 e. The van der Waals surface area contributed by atoms with Gasteiger partial charge < -0.3 is 55.1 Å². The summed E-state index contributed by atoms with van der Waals surface area (Å²) in [6.07, 6.45) is 72.7. The first-order valence-electron chi connectivity index (χ1n) is 61.5. The van der Waals surface area contributed by atoms with Crippen LogP contribution < -0.4 is 0 Å². The van der Waals surface area contributed by atoms with E-state index in [-0.39, 0.29) is 13.2 Å². The number of aliphatic hydroxyl groups excluding tert-OH is 2. The summed E-state index contributed by atoms with van der Waals surface area (Å²) in [4.78, 5) is 0. The van der Waals surface area contributed by atoms with Gasteiger partial charge in [0.25, 0.3) is 0 Å². The molecule has 0 spiro atoms. The average Bonchev–Trinajstić information content (AvgIpc) is 1.56. The molecule has 0 saturated heterocycles. The lowest BCUT2D eigenvalue weighted by atomic mass is 9.51. The van der Waals surface area contributed by atoms with Crippen LogP contribution in [-0.2, 0) is 14.2 Å². The molecule has 0 amide bonds. The van der Waals surface area contributed by atoms with Crippen molar-refractivity contribution >= 4 is 31.9 Å². The molecule has 0 radical (unpaired) electrons. The van der Waals surface area contributed by atoms with Gasteiger partial charge in [0.05, 0.1) is 66.6 Å². The van der Waals surface area contributed by atoms with Gasteiger partial charge in [-0.15, -0.1) is 0 Å². The molecule has 13 heteroatoms. The van der Waals surface area contributed by atoms with E-state index >= 15 is 0 Å². The Morgan fingerprint density at radius 2 is 0.446 bits per heavy atom. The fourth-order valence-corrected chi connectivity index (χ4v) is 45.2. The molecule has 24 aliphatic rings. The Kier molecular flexibility index (Phi) is 33.9. The van der Waals surface area contributed by atoms with Crippen molar-refractivity contribution in [3.63, 3.8) is 0 Å². The highest BCUT2D eigenvalue weighted by Gasteiger charge is 2.65. The number of alkyl halides is 2. The Labute approximate surface area is 916 Å². The predicted molar refractivity (Wildman–Crippen MR) is 614 cm³/mol. The zero-order valence-electron chi connectivity index (χ0n) is 95.5. The summed E-state index contributed by atoms with van der Waals surface area (Å²) in [7, 11) is 5.10. The normalized spacial score (nSPS) is 49.5. The van der Waals surface area contributed by atoms with Crippen LogP contribution in [0.5, 0.6) is 0 Å². The molecule has 0 bridgehead atoms. The van der Waals surface area contributed by atoms with E-state index in [4.69, 9.17) is 14.2 Å². The first-order valence-corrected chi connectivity index (χ1v) is 63.8. The SMILES string of the molecule is C=C(C)[C@H]1CC[C@H]2[C@@H]3CC=C4C[C@@](O)(COC)CC[C@@H]4[C@H]3CC[C@]12C.C=C(C)[C@H]1CC[C@H]2[C@@H]3CC=C4C[C@](C)(O)CC[C@@H]4[C@H]3CC[C@]12C.C=C(CBr)[C@H]1CC[C@H]2[C@@H]3CC=C4C[C@@](O)(COC)CC[C@@H]4[C@H]3CC[C@]12C.C=C(CBr)[C@H]1CC[C@H]2[C@@H]3CC=C4C[C@](C)(O)CC[C@@H]4[C@H]3CC[C@]12C.C=C(CO)[C@H]1CC[C@H]2[C@@H]3CC=C4C[C@@](O)(COC)CC[C@@H]4[C@H]3CC[C@]12C.C=C(CO)[C@H]1CC[C@H]2[C@@H]3CC=C4C[C@](C)(O)CC[C@@H]4[C@H]3CC[C@]12C. The second-order valence-corrected chi connectivity index (χ2v) is 60.2. The molecule has 24 aliphatic carbocycles. The van der Waals surface area contributed by atoms with Crippen molar-refractivity contribution in [2.75, 3.05) is 65.0 Å². The van der Waals surface area contributed by atoms with Crippen LogP contribution in [0.3, 0.4) is 0 Å². The van der Waals surface area contributed by atoms with Crippen LogP contribution in [0.1, 0.15) is 384 Å². The summed E-state index contributed by atoms with van der Waals surface area (Å²) in [6, 6.07) is 0. The van der Waals surface area contributed by atoms with E-state index < -0.39 is 33.6 Å². The Bertz CT molecular complexity index is 4810. The van der Waals surface area contributed by atoms with Gasteiger partial charge in [-0.1, -0.05) is 205 Å². The molecule has 24 rings (SSSR count). The number of rotatable bonds is 16. The number of hydrogen-bond donors (Lipinski definition) is 8. The third kappa shape index (κ3) is 21.1. The number of allylic oxidation sites excluding steroid dienone is 10. The lowest BCUT2D eigenvalue weighted by molar-refractivity contribution is -0.0677. The van der Waals surface area contributed by atoms with Crippen LogP contribution in [0.25, 0.3) is 0 Å². The second kappa shape index (κ2) is 44.1. The molecule has 18 saturated carbocycles. The molecule has 0 aromatic heterocycles. The molecule has 11 nitrogen and oxygen atoms in total. The Balaban J connectivity index is 0.000000112. The van der Waals surface area contributed by atoms with Crippen molar-refractivity contribution in [3.05, 3.63) is 143 Å². The third-order valence-corrected chi connectivity index (χ3v) is 52.5. The van der Waals surface area contributed by atoms with Gasteiger partial charge in [-0.3, -0.25) is 0 Å². The summed E-state index contributed by atoms with van der Waals surface area (Å²) in [6.45, 7) is 53.3. The lowest BCUT2D eigenvalue weighted by Gasteiger charge is -2.54. The third-order valence-electron chi connectivity index (χ3n) is 51.1. The summed E-state index contributed by atoms with van der Waals surface area (Å²) in [5.74, 6) is 23.6. The van der Waals surface area contributed by atoms with Gasteiger partial charge >= 0.3 is 0 Å². The van der Waals surface area contributed by atoms with E-state index in [0.717, 1.165) is 266 Å². The average molecular weight is 2170 g/mol. The maximum Gasteiger partial charge on any atom is 0.0917 e. The number of methoxy groups -OCH3 is 3. The molecule has 828 valence electrons. The van der Waals surface area contributed by atoms with Crippen LogP contribution in [-0.4, -0.2) is 139 Å². The molecule has 42 atom stereocenters. The van der Waals surface area contributed by atoms with Gasteiger partial charge in [-0.05, 0) is 564 Å². The molecule has 8 N–H and O–H groups in total. The Morgan fingerprint density at radius 1 is 0.257 bits per heavy atom. The quantitative estimate of drug-likeness (QED) is 0.0542. The fraction of sp³-hybridized carbons (Fsp3) is 0.822. The van der Waals surface area contributed by atoms with Crippen molar-refractivity contribution in [3.8, 4) is 0 Å². The van der Waals surface area contributed by atoms with E-state index in [1.54, 1.807) is 49.2 Å². The minimum absolute atomic E-state index is 0.145. The smallest absolute Gasteiger partial charge is 0.0917 e. The topological polar surface area (TPSA) is 190 Å². The van der Waals surface area contributed by atoms with E-state index in [9.17, 15) is 40.9 Å². The first-order chi connectivity index (χ1) is 70.2. The molecule has 18 fully saturated rings. The molecule has 0 aliphatic heterocycles. The van der Waals surface area contributed by atoms with Crippen molar-refractivity contribution in [2.45, 2.75) is 418 Å². The number of halogens is 2. The van der Waals surface area contributed by atoms with Gasteiger partial charge in [-0.2, -0.15) is 0 Å². The van der Waals surface area contributed by atoms with Crippen LogP contribution >= 0.6 is 31.9 Å². The van der Waals surface area contributed by atoms with Crippen molar-refractivity contribution in [1.82, 2.24) is 0 Å². The number of hydrogen-bond acceptors (Lipinski definition) is 11. The van der Waals surface area contributed by atoms with Crippen LogP contribution in [0.4, 0.5) is 0 Å². The summed E-state index contributed by atoms with van der Waals surface area (Å²) in [5.41, 5.74) is 16.5. The summed E-state index contributed by atoms with van der Waals surface area (Å²) in [5, 5.41) is 85.0. The molecule has 0 aromatic rings. The number of ether oxygens (including phenoxy) is 3. The minimum atomic E-state index is -0.648. The van der Waals surface area contributed by atoms with Gasteiger partial charge in [0, 0.05) is 32.0 Å². The zero-order chi connectivity index (χ0) is 106. The molecule has 0 unspecified atom stereocenters. The maximum absolute atomic E-state index is 10.8. The molecular weight excluding hydrogens is 1960 g/mol. The van der Waals surface area contributed by atoms with Crippen molar-refractivity contribution in [2.24, 2.45) is 210 Å². The van der Waals surface area contributed by atoms with Gasteiger partial charge in [0.2, 0.25) is 0 Å². The molecule has 0 aromatic carbocycles. The highest BCUT2D eigenvalue weighted by Crippen LogP contribution is 2.73. The van der Waals surface area contributed by atoms with Gasteiger partial charge in [0.15, 0.2) is 0 Å². The first kappa shape index (κ1) is 114. The second-order valence-electron chi connectivity index (χ2n) is 59.0. The largest absolute Gasteiger partial charge is 0.392 e. The standard InChI is InChI=1S/C23H35BrO2.C23H36O3.C23H36O2.C22H33BrO.C22H34O2.C22H34O/c2*1-15(13-24)20-6-7-21-19-5-4-16-12-23(25,14-26-3)11-9-17(16)18(19)8-10-22(20,21)2;1-15(2)20-7-8-21-19-6-5-16-13-23(24,14-25-4)12-10-17(16)18(19)9-11-22(20,21)3;2*1-14(13-23)19-6-7-20-18-5-4-15-12-21(2,24)10-8-16(15)17(18)9-11-22(19,20)3;1-14(2)19-7-8-20-18-6-5-15-13-21(3,23)11-9-16(15)17(18)10-12-22(19,20)4/h4,17-21,25H,1,5-14H2,2-3H3;4,17-21,24-25H,1,5-14H2,2-3H3;5,17-21,24H,1,6-14H2,2-4H3;4,16-20,24H,1,5-13H2,2-3H3;4,16-20,23-24H,1,5-13H2,2-3H3;5,16-20,23H,1,6-13H2,2-4H3/t3*17-,18+,19+,20+,21-,22+,23+;3*16-,17+,18+,19+,20-,21+,22+/m000000/s1. The monoisotopic (exact) mass is 2160 g/mol. The number of aliphatic hydroxyl groups is 8.